The van der Waals surface area contributed by atoms with E-state index in [1.807, 2.05) is 30.3 Å². The molecule has 0 bridgehead atoms. The molecule has 0 amide bonds. The summed E-state index contributed by atoms with van der Waals surface area (Å²) < 4.78 is 33.8. The summed E-state index contributed by atoms with van der Waals surface area (Å²) in [6.07, 6.45) is 0. The van der Waals surface area contributed by atoms with Crippen LogP contribution in [0.4, 0.5) is 14.5 Å². The van der Waals surface area contributed by atoms with E-state index in [1.165, 1.54) is 18.2 Å². The number of para-hydroxylation sites is 1. The molecule has 2 aromatic rings. The third-order valence-corrected chi connectivity index (χ3v) is 4.06. The van der Waals surface area contributed by atoms with E-state index in [-0.39, 0.29) is 17.1 Å². The summed E-state index contributed by atoms with van der Waals surface area (Å²) in [5, 5.41) is 0. The van der Waals surface area contributed by atoms with Crippen LogP contribution in [0.2, 0.25) is 0 Å². The number of halogens is 2. The lowest BCUT2D eigenvalue weighted by molar-refractivity contribution is 0.237. The van der Waals surface area contributed by atoms with Gasteiger partial charge in [-0.05, 0) is 17.5 Å². The number of hydrogen-bond donors (Lipinski definition) is 0. The molecule has 0 aromatic heterocycles. The average molecular weight is 342 g/mol. The third kappa shape index (κ3) is 3.76. The van der Waals surface area contributed by atoms with Crippen molar-refractivity contribution in [1.29, 1.82) is 0 Å². The molecule has 3 nitrogen and oxygen atoms in total. The second-order valence-corrected chi connectivity index (χ2v) is 7.02. The Labute approximate surface area is 146 Å². The zero-order chi connectivity index (χ0) is 18.0. The zero-order valence-corrected chi connectivity index (χ0v) is 14.5. The van der Waals surface area contributed by atoms with Crippen molar-refractivity contribution in [3.05, 3.63) is 65.7 Å². The largest absolute Gasteiger partial charge is 0.474 e. The summed E-state index contributed by atoms with van der Waals surface area (Å²) in [6.45, 7) is 6.64. The van der Waals surface area contributed by atoms with E-state index in [1.54, 1.807) is 0 Å². The van der Waals surface area contributed by atoms with Crippen molar-refractivity contribution in [1.82, 2.24) is 0 Å². The number of benzene rings is 2. The molecule has 0 fully saturated rings. The van der Waals surface area contributed by atoms with Crippen molar-refractivity contribution in [2.75, 3.05) is 6.61 Å². The molecule has 0 saturated heterocycles. The first-order valence-electron chi connectivity index (χ1n) is 8.15. The van der Waals surface area contributed by atoms with Crippen molar-refractivity contribution in [2.24, 2.45) is 15.4 Å². The van der Waals surface area contributed by atoms with E-state index >= 15 is 0 Å². The molecule has 25 heavy (non-hydrogen) atoms. The van der Waals surface area contributed by atoms with Crippen LogP contribution in [0.25, 0.3) is 0 Å². The molecule has 0 unspecified atom stereocenters. The van der Waals surface area contributed by atoms with Gasteiger partial charge in [0.15, 0.2) is 11.6 Å². The highest BCUT2D eigenvalue weighted by atomic mass is 19.1. The SMILES string of the molecule is CC(C)(C)[C@H]1COC(C(=Nc2c(F)cccc2F)c2ccccc2)=N1. The molecule has 1 atom stereocenters. The Morgan fingerprint density at radius 1 is 1.04 bits per heavy atom. The summed E-state index contributed by atoms with van der Waals surface area (Å²) in [6, 6.07) is 12.8. The molecule has 0 N–H and O–H groups in total. The van der Waals surface area contributed by atoms with Gasteiger partial charge < -0.3 is 4.74 Å². The van der Waals surface area contributed by atoms with E-state index in [0.717, 1.165) is 0 Å². The summed E-state index contributed by atoms with van der Waals surface area (Å²) in [5.41, 5.74) is 0.606. The fourth-order valence-corrected chi connectivity index (χ4v) is 2.49. The van der Waals surface area contributed by atoms with Gasteiger partial charge in [-0.1, -0.05) is 57.2 Å². The molecule has 0 radical (unpaired) electrons. The van der Waals surface area contributed by atoms with E-state index in [9.17, 15) is 8.78 Å². The van der Waals surface area contributed by atoms with Crippen LogP contribution in [0, 0.1) is 17.0 Å². The maximum Gasteiger partial charge on any atom is 0.236 e. The Morgan fingerprint density at radius 3 is 2.24 bits per heavy atom. The predicted molar refractivity (Wildman–Crippen MR) is 95.6 cm³/mol. The van der Waals surface area contributed by atoms with Crippen molar-refractivity contribution < 1.29 is 13.5 Å². The number of aliphatic imine (C=N–C) groups is 2. The fourth-order valence-electron chi connectivity index (χ4n) is 2.49. The minimum atomic E-state index is -0.723. The Kier molecular flexibility index (Phi) is 4.66. The van der Waals surface area contributed by atoms with Gasteiger partial charge in [0.25, 0.3) is 0 Å². The van der Waals surface area contributed by atoms with Gasteiger partial charge in [0.05, 0.1) is 6.04 Å². The van der Waals surface area contributed by atoms with E-state index in [2.05, 4.69) is 30.8 Å². The van der Waals surface area contributed by atoms with Gasteiger partial charge in [0.1, 0.15) is 18.0 Å². The van der Waals surface area contributed by atoms with E-state index < -0.39 is 11.6 Å². The zero-order valence-electron chi connectivity index (χ0n) is 14.5. The highest BCUT2D eigenvalue weighted by Crippen LogP contribution is 2.28. The van der Waals surface area contributed by atoms with Gasteiger partial charge >= 0.3 is 0 Å². The van der Waals surface area contributed by atoms with E-state index in [4.69, 9.17) is 4.74 Å². The summed E-state index contributed by atoms with van der Waals surface area (Å²) in [4.78, 5) is 8.85. The number of rotatable bonds is 3. The second kappa shape index (κ2) is 6.75. The molecule has 5 heteroatoms. The van der Waals surface area contributed by atoms with Gasteiger partial charge in [0.2, 0.25) is 5.90 Å². The minimum Gasteiger partial charge on any atom is -0.474 e. The highest BCUT2D eigenvalue weighted by molar-refractivity contribution is 6.46. The lowest BCUT2D eigenvalue weighted by Crippen LogP contribution is -2.25. The van der Waals surface area contributed by atoms with Gasteiger partial charge in [0, 0.05) is 5.56 Å². The average Bonchev–Trinajstić information content (AvgIpc) is 3.05. The molecule has 1 aliphatic heterocycles. The fraction of sp³-hybridized carbons (Fsp3) is 0.300. The van der Waals surface area contributed by atoms with Crippen LogP contribution in [0.5, 0.6) is 0 Å². The van der Waals surface area contributed by atoms with Gasteiger partial charge in [-0.3, -0.25) is 0 Å². The first-order valence-corrected chi connectivity index (χ1v) is 8.15. The van der Waals surface area contributed by atoms with Crippen LogP contribution in [0.15, 0.2) is 58.5 Å². The lowest BCUT2D eigenvalue weighted by Gasteiger charge is -2.21. The molecule has 2 aromatic carbocycles. The van der Waals surface area contributed by atoms with Gasteiger partial charge in [-0.2, -0.15) is 0 Å². The van der Waals surface area contributed by atoms with Crippen molar-refractivity contribution in [3.8, 4) is 0 Å². The molecular formula is C20H20F2N2O. The maximum atomic E-state index is 14.1. The van der Waals surface area contributed by atoms with E-state index in [0.29, 0.717) is 23.8 Å². The monoisotopic (exact) mass is 342 g/mol. The first kappa shape index (κ1) is 17.3. The van der Waals surface area contributed by atoms with Crippen LogP contribution in [-0.2, 0) is 4.74 Å². The van der Waals surface area contributed by atoms with Crippen LogP contribution in [0.1, 0.15) is 26.3 Å². The first-order chi connectivity index (χ1) is 11.9. The topological polar surface area (TPSA) is 34.0 Å². The third-order valence-electron chi connectivity index (χ3n) is 4.06. The molecule has 0 spiro atoms. The molecular weight excluding hydrogens is 322 g/mol. The van der Waals surface area contributed by atoms with Crippen molar-refractivity contribution in [3.63, 3.8) is 0 Å². The second-order valence-electron chi connectivity index (χ2n) is 7.02. The molecule has 1 aliphatic rings. The Bertz CT molecular complexity index is 803. The summed E-state index contributed by atoms with van der Waals surface area (Å²) in [5.74, 6) is -1.13. The molecule has 0 aliphatic carbocycles. The highest BCUT2D eigenvalue weighted by Gasteiger charge is 2.32. The normalized spacial score (nSPS) is 18.0. The van der Waals surface area contributed by atoms with Crippen LogP contribution in [0.3, 0.4) is 0 Å². The molecule has 0 saturated carbocycles. The molecule has 130 valence electrons. The molecule has 3 rings (SSSR count). The summed E-state index contributed by atoms with van der Waals surface area (Å²) in [7, 11) is 0. The standard InChI is InChI=1S/C20H20F2N2O/c1-20(2,3)16-12-25-19(23-16)17(13-8-5-4-6-9-13)24-18-14(21)10-7-11-15(18)22/h4-11,16H,12H2,1-3H3/t16-/m1/s1. The minimum absolute atomic E-state index is 0.0399. The van der Waals surface area contributed by atoms with Crippen molar-refractivity contribution >= 4 is 17.3 Å². The Morgan fingerprint density at radius 2 is 1.68 bits per heavy atom. The Hall–Kier alpha value is -2.56. The van der Waals surface area contributed by atoms with Crippen LogP contribution < -0.4 is 0 Å². The van der Waals surface area contributed by atoms with Crippen molar-refractivity contribution in [2.45, 2.75) is 26.8 Å². The lowest BCUT2D eigenvalue weighted by atomic mass is 9.88. The molecule has 1 heterocycles. The quantitative estimate of drug-likeness (QED) is 0.728. The van der Waals surface area contributed by atoms with Gasteiger partial charge in [-0.25, -0.2) is 18.8 Å². The maximum absolute atomic E-state index is 14.1. The summed E-state index contributed by atoms with van der Waals surface area (Å²) >= 11 is 0. The van der Waals surface area contributed by atoms with Crippen LogP contribution in [-0.4, -0.2) is 24.3 Å². The number of nitrogens with zero attached hydrogens (tertiary/aromatic N) is 2. The predicted octanol–water partition coefficient (Wildman–Crippen LogP) is 4.93. The van der Waals surface area contributed by atoms with Crippen LogP contribution >= 0.6 is 0 Å². The van der Waals surface area contributed by atoms with Gasteiger partial charge in [-0.15, -0.1) is 0 Å². The number of hydrogen-bond acceptors (Lipinski definition) is 3. The number of ether oxygens (including phenoxy) is 1. The Balaban J connectivity index is 2.11. The smallest absolute Gasteiger partial charge is 0.236 e.